The van der Waals surface area contributed by atoms with Crippen molar-refractivity contribution < 1.29 is 4.39 Å². The van der Waals surface area contributed by atoms with Gasteiger partial charge in [0.15, 0.2) is 0 Å². The molecule has 0 radical (unpaired) electrons. The molecule has 0 fully saturated rings. The lowest BCUT2D eigenvalue weighted by atomic mass is 9.96. The molecule has 0 amide bonds. The van der Waals surface area contributed by atoms with Crippen molar-refractivity contribution in [1.82, 2.24) is 5.43 Å². The predicted molar refractivity (Wildman–Crippen MR) is 88.8 cm³/mol. The van der Waals surface area contributed by atoms with Crippen molar-refractivity contribution in [3.8, 4) is 0 Å². The zero-order valence-corrected chi connectivity index (χ0v) is 14.2. The first-order chi connectivity index (χ1) is 9.93. The number of halogens is 3. The van der Waals surface area contributed by atoms with Crippen LogP contribution in [-0.2, 0) is 6.42 Å². The van der Waals surface area contributed by atoms with E-state index in [0.29, 0.717) is 17.0 Å². The zero-order chi connectivity index (χ0) is 15.6. The second-order valence-corrected chi connectivity index (χ2v) is 6.29. The molecule has 1 unspecified atom stereocenters. The average Bonchev–Trinajstić information content (AvgIpc) is 2.44. The first-order valence-electron chi connectivity index (χ1n) is 6.59. The predicted octanol–water partition coefficient (Wildman–Crippen LogP) is 4.61. The molecule has 0 aliphatic carbocycles. The summed E-state index contributed by atoms with van der Waals surface area (Å²) in [4.78, 5) is 0. The lowest BCUT2D eigenvalue weighted by molar-refractivity contribution is 0.529. The third-order valence-electron chi connectivity index (χ3n) is 3.53. The third-order valence-corrected chi connectivity index (χ3v) is 5.14. The van der Waals surface area contributed by atoms with Gasteiger partial charge in [0.25, 0.3) is 0 Å². The van der Waals surface area contributed by atoms with Gasteiger partial charge < -0.3 is 0 Å². The fourth-order valence-electron chi connectivity index (χ4n) is 2.39. The maximum Gasteiger partial charge on any atom is 0.127 e. The Labute approximate surface area is 137 Å². The van der Waals surface area contributed by atoms with Gasteiger partial charge in [0.2, 0.25) is 0 Å². The van der Waals surface area contributed by atoms with Gasteiger partial charge in [0.1, 0.15) is 5.82 Å². The van der Waals surface area contributed by atoms with E-state index in [4.69, 9.17) is 17.4 Å². The topological polar surface area (TPSA) is 38.0 Å². The lowest BCUT2D eigenvalue weighted by Gasteiger charge is -2.19. The van der Waals surface area contributed by atoms with E-state index in [9.17, 15) is 4.39 Å². The number of nitrogens with one attached hydrogen (secondary N) is 1. The highest BCUT2D eigenvalue weighted by Crippen LogP contribution is 2.29. The van der Waals surface area contributed by atoms with Gasteiger partial charge in [0.05, 0.1) is 6.04 Å². The van der Waals surface area contributed by atoms with Crippen LogP contribution in [-0.4, -0.2) is 0 Å². The number of rotatable bonds is 4. The summed E-state index contributed by atoms with van der Waals surface area (Å²) in [5.41, 5.74) is 6.47. The monoisotopic (exact) mass is 370 g/mol. The van der Waals surface area contributed by atoms with E-state index in [0.717, 1.165) is 21.2 Å². The highest BCUT2D eigenvalue weighted by Gasteiger charge is 2.17. The molecule has 0 aliphatic rings. The van der Waals surface area contributed by atoms with Crippen LogP contribution in [0.3, 0.4) is 0 Å². The van der Waals surface area contributed by atoms with E-state index in [2.05, 4.69) is 21.4 Å². The van der Waals surface area contributed by atoms with E-state index in [1.54, 1.807) is 12.1 Å². The molecule has 0 aromatic heterocycles. The third kappa shape index (κ3) is 3.64. The Hall–Kier alpha value is -0.940. The molecule has 1 atom stereocenters. The molecule has 21 heavy (non-hydrogen) atoms. The molecule has 112 valence electrons. The van der Waals surface area contributed by atoms with Gasteiger partial charge in [-0.1, -0.05) is 45.7 Å². The smallest absolute Gasteiger partial charge is 0.127 e. The van der Waals surface area contributed by atoms with Crippen LogP contribution in [0.25, 0.3) is 0 Å². The summed E-state index contributed by atoms with van der Waals surface area (Å²) in [5.74, 6) is 5.35. The van der Waals surface area contributed by atoms with Gasteiger partial charge in [-0.3, -0.25) is 11.3 Å². The van der Waals surface area contributed by atoms with Crippen LogP contribution in [0.4, 0.5) is 4.39 Å². The van der Waals surface area contributed by atoms with Crippen molar-refractivity contribution in [3.63, 3.8) is 0 Å². The van der Waals surface area contributed by atoms with Crippen LogP contribution >= 0.6 is 27.5 Å². The van der Waals surface area contributed by atoms with Crippen molar-refractivity contribution in [2.75, 3.05) is 0 Å². The fraction of sp³-hybridized carbons (Fsp3) is 0.250. The SMILES string of the molecule is Cc1cc(C(Cc2c(F)cccc2Cl)NN)cc(C)c1Br. The number of aryl methyl sites for hydroxylation is 2. The minimum Gasteiger partial charge on any atom is -0.271 e. The summed E-state index contributed by atoms with van der Waals surface area (Å²) in [6, 6.07) is 8.57. The van der Waals surface area contributed by atoms with Crippen LogP contribution < -0.4 is 11.3 Å². The maximum atomic E-state index is 13.9. The Morgan fingerprint density at radius 2 is 1.90 bits per heavy atom. The van der Waals surface area contributed by atoms with Crippen LogP contribution in [0, 0.1) is 19.7 Å². The summed E-state index contributed by atoms with van der Waals surface area (Å²) in [6.07, 6.45) is 0.391. The minimum atomic E-state index is -0.312. The molecule has 3 N–H and O–H groups in total. The Bertz CT molecular complexity index is 617. The van der Waals surface area contributed by atoms with Crippen LogP contribution in [0.15, 0.2) is 34.8 Å². The molecular weight excluding hydrogens is 355 g/mol. The molecule has 0 heterocycles. The Kier molecular flexibility index (Phi) is 5.38. The van der Waals surface area contributed by atoms with Crippen molar-refractivity contribution >= 4 is 27.5 Å². The Balaban J connectivity index is 2.37. The van der Waals surface area contributed by atoms with Crippen molar-refractivity contribution in [3.05, 3.63) is 67.9 Å². The van der Waals surface area contributed by atoms with Crippen LogP contribution in [0.2, 0.25) is 5.02 Å². The fourth-order valence-corrected chi connectivity index (χ4v) is 2.85. The van der Waals surface area contributed by atoms with Gasteiger partial charge in [0, 0.05) is 15.1 Å². The highest BCUT2D eigenvalue weighted by atomic mass is 79.9. The molecule has 2 rings (SSSR count). The molecule has 0 spiro atoms. The number of hydrazine groups is 1. The van der Waals surface area contributed by atoms with Crippen molar-refractivity contribution in [1.29, 1.82) is 0 Å². The second kappa shape index (κ2) is 6.88. The summed E-state index contributed by atoms with van der Waals surface area (Å²) >= 11 is 9.63. The van der Waals surface area contributed by atoms with Crippen LogP contribution in [0.5, 0.6) is 0 Å². The molecule has 2 aromatic carbocycles. The summed E-state index contributed by atoms with van der Waals surface area (Å²) in [5, 5.41) is 0.417. The van der Waals surface area contributed by atoms with E-state index in [1.807, 2.05) is 26.0 Å². The number of hydrogen-bond acceptors (Lipinski definition) is 2. The van der Waals surface area contributed by atoms with Gasteiger partial charge >= 0.3 is 0 Å². The van der Waals surface area contributed by atoms with Gasteiger partial charge in [-0.15, -0.1) is 0 Å². The first-order valence-corrected chi connectivity index (χ1v) is 7.76. The molecule has 0 saturated carbocycles. The van der Waals surface area contributed by atoms with Gasteiger partial charge in [-0.2, -0.15) is 0 Å². The Morgan fingerprint density at radius 1 is 1.29 bits per heavy atom. The lowest BCUT2D eigenvalue weighted by Crippen LogP contribution is -2.30. The van der Waals surface area contributed by atoms with Crippen LogP contribution in [0.1, 0.15) is 28.3 Å². The number of hydrogen-bond donors (Lipinski definition) is 2. The average molecular weight is 372 g/mol. The zero-order valence-electron chi connectivity index (χ0n) is 11.9. The number of benzene rings is 2. The standard InChI is InChI=1S/C16H17BrClFN2/c1-9-6-11(7-10(2)16(9)17)15(21-20)8-12-13(18)4-3-5-14(12)19/h3-7,15,21H,8,20H2,1-2H3. The van der Waals surface area contributed by atoms with Crippen molar-refractivity contribution in [2.24, 2.45) is 5.84 Å². The molecule has 2 aromatic rings. The van der Waals surface area contributed by atoms with E-state index in [-0.39, 0.29) is 11.9 Å². The highest BCUT2D eigenvalue weighted by molar-refractivity contribution is 9.10. The summed E-state index contributed by atoms with van der Waals surface area (Å²) < 4.78 is 15.0. The summed E-state index contributed by atoms with van der Waals surface area (Å²) in [7, 11) is 0. The van der Waals surface area contributed by atoms with E-state index < -0.39 is 0 Å². The molecule has 0 bridgehead atoms. The summed E-state index contributed by atoms with van der Waals surface area (Å²) in [6.45, 7) is 4.04. The quantitative estimate of drug-likeness (QED) is 0.608. The number of nitrogens with two attached hydrogens (primary N) is 1. The largest absolute Gasteiger partial charge is 0.271 e. The molecule has 5 heteroatoms. The molecule has 2 nitrogen and oxygen atoms in total. The first kappa shape index (κ1) is 16.4. The minimum absolute atomic E-state index is 0.204. The second-order valence-electron chi connectivity index (χ2n) is 5.09. The molecule has 0 saturated heterocycles. The van der Waals surface area contributed by atoms with Gasteiger partial charge in [-0.05, 0) is 49.1 Å². The maximum absolute atomic E-state index is 13.9. The van der Waals surface area contributed by atoms with E-state index in [1.165, 1.54) is 6.07 Å². The molecule has 0 aliphatic heterocycles. The van der Waals surface area contributed by atoms with Gasteiger partial charge in [-0.25, -0.2) is 4.39 Å². The molecular formula is C16H17BrClFN2. The van der Waals surface area contributed by atoms with Crippen molar-refractivity contribution in [2.45, 2.75) is 26.3 Å². The normalized spacial score (nSPS) is 12.5. The van der Waals surface area contributed by atoms with E-state index >= 15 is 0 Å². The Morgan fingerprint density at radius 3 is 2.43 bits per heavy atom.